The van der Waals surface area contributed by atoms with Crippen molar-refractivity contribution in [2.45, 2.75) is 245 Å². The van der Waals surface area contributed by atoms with Crippen molar-refractivity contribution >= 4 is 106 Å². The minimum absolute atomic E-state index is 0.00527. The van der Waals surface area contributed by atoms with Crippen LogP contribution in [0.2, 0.25) is 0 Å². The summed E-state index contributed by atoms with van der Waals surface area (Å²) in [6, 6.07) is 2.42. The van der Waals surface area contributed by atoms with Crippen molar-refractivity contribution in [3.8, 4) is 0 Å². The largest absolute Gasteiger partial charge is 0.381 e. The Labute approximate surface area is 821 Å². The van der Waals surface area contributed by atoms with Crippen molar-refractivity contribution in [2.75, 3.05) is 189 Å². The second-order valence-electron chi connectivity index (χ2n) is 38.8. The topological polar surface area (TPSA) is 508 Å². The van der Waals surface area contributed by atoms with Gasteiger partial charge in [0.05, 0.1) is 124 Å². The summed E-state index contributed by atoms with van der Waals surface area (Å²) in [5.74, 6) is -1.55. The molecule has 141 heavy (non-hydrogen) atoms. The van der Waals surface area contributed by atoms with Gasteiger partial charge in [-0.1, -0.05) is 37.1 Å². The summed E-state index contributed by atoms with van der Waals surface area (Å²) < 4.78 is 5.24. The Morgan fingerprint density at radius 2 is 0.624 bits per heavy atom. The number of hydroxylamine groups is 12. The van der Waals surface area contributed by atoms with Gasteiger partial charge in [0.25, 0.3) is 5.91 Å². The van der Waals surface area contributed by atoms with Crippen LogP contribution in [0.1, 0.15) is 170 Å². The van der Waals surface area contributed by atoms with Gasteiger partial charge in [0.1, 0.15) is 36.3 Å². The minimum Gasteiger partial charge on any atom is -0.381 e. The molecule has 18 rings (SSSR count). The number of Topliss-reactive ketones (excluding diaryl/α,β-unsaturated/α-hetero) is 5. The first-order valence-electron chi connectivity index (χ1n) is 49.7. The fraction of sp³-hybridized carbons (Fsp3) is 0.742. The van der Waals surface area contributed by atoms with E-state index in [2.05, 4.69) is 59.1 Å². The lowest BCUT2D eigenvalue weighted by molar-refractivity contribution is -0.140. The van der Waals surface area contributed by atoms with E-state index in [0.717, 1.165) is 128 Å². The second-order valence-corrected chi connectivity index (χ2v) is 38.8. The molecule has 17 aliphatic heterocycles. The van der Waals surface area contributed by atoms with E-state index in [1.54, 1.807) is 26.8 Å². The maximum Gasteiger partial charge on any atom is 0.345 e. The molecule has 0 unspecified atom stereocenters. The number of carbonyl (C=O) groups excluding carboxylic acids is 18. The first-order chi connectivity index (χ1) is 67.8. The van der Waals surface area contributed by atoms with E-state index in [1.165, 1.54) is 92.7 Å². The molecule has 17 fully saturated rings. The van der Waals surface area contributed by atoms with E-state index in [4.69, 9.17) is 33.8 Å². The Morgan fingerprint density at radius 1 is 0.326 bits per heavy atom. The molecule has 0 aliphatic carbocycles. The number of likely N-dealkylation sites (N-methyl/N-ethyl adjacent to an activating group) is 2. The number of hydrogen-bond donors (Lipinski definition) is 7. The Morgan fingerprint density at radius 3 is 0.915 bits per heavy atom. The highest BCUT2D eigenvalue weighted by Gasteiger charge is 2.55. The zero-order valence-electron chi connectivity index (χ0n) is 82.8. The van der Waals surface area contributed by atoms with Crippen molar-refractivity contribution in [1.82, 2.24) is 117 Å². The average molecular weight is 1980 g/mol. The minimum atomic E-state index is -0.551. The maximum absolute atomic E-state index is 12.5. The number of hydrogen-bond acceptors (Lipinski definition) is 29. The zero-order chi connectivity index (χ0) is 101. The molecule has 48 heteroatoms. The number of carbonyl (C=O) groups is 18. The van der Waals surface area contributed by atoms with Crippen LogP contribution in [0.4, 0.5) is 28.8 Å². The lowest BCUT2D eigenvalue weighted by atomic mass is 9.92. The molecule has 17 aliphatic rings. The lowest BCUT2D eigenvalue weighted by Crippen LogP contribution is -2.54. The predicted octanol–water partition coefficient (Wildman–Crippen LogP) is -0.251. The van der Waals surface area contributed by atoms with Crippen LogP contribution < -0.4 is 37.3 Å². The molecule has 17 heterocycles. The van der Waals surface area contributed by atoms with E-state index in [-0.39, 0.29) is 199 Å². The number of likely N-dealkylation sites (tertiary alicyclic amines) is 3. The molecule has 780 valence electrons. The monoisotopic (exact) mass is 1980 g/mol. The molecule has 14 atom stereocenters. The Kier molecular flexibility index (Phi) is 37.9. The Hall–Kier alpha value is -11.0. The van der Waals surface area contributed by atoms with E-state index in [0.29, 0.717) is 129 Å². The van der Waals surface area contributed by atoms with Gasteiger partial charge < -0.3 is 70.9 Å². The number of urea groups is 6. The summed E-state index contributed by atoms with van der Waals surface area (Å²) >= 11 is 0. The number of benzene rings is 1. The van der Waals surface area contributed by atoms with Gasteiger partial charge in [-0.3, -0.25) is 107 Å². The third-order valence-electron chi connectivity index (χ3n) is 30.2. The molecular formula is C93H143N23O25. The fourth-order valence-corrected chi connectivity index (χ4v) is 22.2. The van der Waals surface area contributed by atoms with Gasteiger partial charge in [0.2, 0.25) is 35.4 Å². The summed E-state index contributed by atoms with van der Waals surface area (Å²) in [5.41, 5.74) is 4.26. The number of hydrazine groups is 1. The Balaban J connectivity index is 0.000000142. The maximum atomic E-state index is 12.5. The number of ketones is 5. The molecular weight excluding hydrogens is 1840 g/mol. The van der Waals surface area contributed by atoms with Crippen LogP contribution >= 0.6 is 0 Å². The van der Waals surface area contributed by atoms with E-state index in [9.17, 15) is 86.3 Å². The van der Waals surface area contributed by atoms with Crippen molar-refractivity contribution in [3.63, 3.8) is 0 Å². The molecule has 48 nitrogen and oxygen atoms in total. The third-order valence-corrected chi connectivity index (χ3v) is 30.2. The summed E-state index contributed by atoms with van der Waals surface area (Å²) in [7, 11) is 16.6. The molecule has 1 aromatic rings. The molecule has 19 amide bonds. The smallest absolute Gasteiger partial charge is 0.345 e. The number of ether oxygens (including phenoxy) is 1. The van der Waals surface area contributed by atoms with Crippen molar-refractivity contribution in [1.29, 1.82) is 0 Å². The van der Waals surface area contributed by atoms with Crippen LogP contribution in [0.25, 0.3) is 0 Å². The molecule has 0 spiro atoms. The summed E-state index contributed by atoms with van der Waals surface area (Å²) in [6.07, 6.45) is 18.3. The van der Waals surface area contributed by atoms with Crippen molar-refractivity contribution in [3.05, 3.63) is 35.4 Å². The molecule has 0 saturated carbocycles. The van der Waals surface area contributed by atoms with Gasteiger partial charge in [-0.15, -0.1) is 0 Å². The summed E-state index contributed by atoms with van der Waals surface area (Å²) in [4.78, 5) is 267. The van der Waals surface area contributed by atoms with Crippen LogP contribution in [0.3, 0.4) is 0 Å². The average Bonchev–Trinajstić information content (AvgIpc) is 1.66. The lowest BCUT2D eigenvalue weighted by Gasteiger charge is -2.32. The van der Waals surface area contributed by atoms with Crippen LogP contribution in [-0.2, 0) is 93.0 Å². The molecule has 1 aromatic carbocycles. The molecule has 12 bridgehead atoms. The highest BCUT2D eigenvalue weighted by molar-refractivity contribution is 6.01. The SMILES string of the molecule is CNCc1ccc(C(=O)CNC(=O)[C@@H]2CC[C@@H]3CN2C(=O)N3OC)cc1.CON1C(=O)N2C[C@H]1CC[C@H]2C(=O)NCC(=O)C1CCN(C)CC1.CON1C(=O)N2C[C@H]1CC[C@H]2C(=O)NCC(=O)C1CCOCC1.CON1C(=O)N2C[C@H]1CC[C@H]2C(=O)NCC(=O)[C@@H]1CCCCN1C.CON1C(=O)N2C[C@H]1CC[C@H]2C(=O)NCC(=O)[C@H]1CCCCN1C.CON1C(=O)N2C[C@H]1CC[C@H]2C(=O)NN1CCCC1=O. The normalized spacial score (nSPS) is 28.0. The number of rotatable bonds is 30. The standard InChI is InChI=1S/C18H24N4O4.3C16H26N4O4.C15H23N3O5.C12H18N4O4/c1-19-9-12-3-5-13(6-4-12)16(23)10-20-17(24)15-8-7-14-11-21(15)18(25)22(14)26-2;1-18-7-5-11(6-8-18)14(21)9-17-15(22)13-4-3-12-10-19(13)16(23)20(12)24-2;2*1-18-8-4-3-5-12(18)14(21)9-17-15(22)13-7-6-11-10-19(13)16(23)20(11)24-2;1-22-18-11-2-3-12(17(9-11)15(18)21)14(20)16-8-13(19)10-4-6-23-7-5-10;1-20-16-8-4-5-9(14(7-8)12(16)19)11(18)13-15-6-2-3-10(15)17/h3-6,14-15,19H,7-11H2,1-2H3,(H,20,24);3*11-13H,3-10H2,1-2H3,(H,17,22);10-12H,2-9H2,1H3,(H,16,20);8-9H,2-7H2,1H3,(H,13,18)/t14-,15+;12-,13+;11-,12+,13+;11-,12-,13+;11-,12+;8-,9+/m111111/s1. The van der Waals surface area contributed by atoms with Crippen LogP contribution in [-0.4, -0.2) is 459 Å². The van der Waals surface area contributed by atoms with Gasteiger partial charge in [-0.05, 0) is 195 Å². The van der Waals surface area contributed by atoms with Crippen LogP contribution in [0, 0.1) is 11.8 Å². The first kappa shape index (κ1) is 107. The van der Waals surface area contributed by atoms with E-state index >= 15 is 0 Å². The Bertz CT molecular complexity index is 4570. The highest BCUT2D eigenvalue weighted by Crippen LogP contribution is 2.37. The number of fused-ring (bicyclic) bond motifs is 12. The summed E-state index contributed by atoms with van der Waals surface area (Å²) in [6.45, 7) is 9.21. The summed E-state index contributed by atoms with van der Waals surface area (Å²) in [5, 5.41) is 26.0. The van der Waals surface area contributed by atoms with Crippen LogP contribution in [0.15, 0.2) is 24.3 Å². The van der Waals surface area contributed by atoms with Gasteiger partial charge >= 0.3 is 36.2 Å². The quantitative estimate of drug-likeness (QED) is 0.0488. The predicted molar refractivity (Wildman–Crippen MR) is 499 cm³/mol. The van der Waals surface area contributed by atoms with Gasteiger partial charge in [0, 0.05) is 89.4 Å². The van der Waals surface area contributed by atoms with Crippen molar-refractivity contribution < 1.29 is 120 Å². The first-order valence-corrected chi connectivity index (χ1v) is 49.7. The molecule has 7 N–H and O–H groups in total. The number of piperidine rings is 9. The van der Waals surface area contributed by atoms with Gasteiger partial charge in [-0.25, -0.2) is 28.8 Å². The molecule has 17 saturated heterocycles. The number of amides is 19. The molecule has 0 radical (unpaired) electrons. The van der Waals surface area contributed by atoms with Gasteiger partial charge in [0.15, 0.2) is 28.9 Å². The fourth-order valence-electron chi connectivity index (χ4n) is 22.2. The number of nitrogens with zero attached hydrogens (tertiary/aromatic N) is 16. The number of nitrogens with one attached hydrogen (secondary N) is 7. The highest BCUT2D eigenvalue weighted by atomic mass is 16.7. The van der Waals surface area contributed by atoms with Crippen molar-refractivity contribution in [2.24, 2.45) is 11.8 Å². The zero-order valence-corrected chi connectivity index (χ0v) is 82.8. The van der Waals surface area contributed by atoms with E-state index < -0.39 is 36.3 Å². The second kappa shape index (κ2) is 49.8. The third kappa shape index (κ3) is 25.3. The van der Waals surface area contributed by atoms with Gasteiger partial charge in [-0.2, -0.15) is 30.4 Å². The molecule has 0 aromatic heterocycles. The van der Waals surface area contributed by atoms with E-state index in [1.807, 2.05) is 33.3 Å². The van der Waals surface area contributed by atoms with Crippen LogP contribution in [0.5, 0.6) is 0 Å².